The predicted molar refractivity (Wildman–Crippen MR) is 114 cm³/mol. The molecule has 1 spiro atoms. The number of carbonyl (C=O) groups is 1. The molecule has 3 aromatic rings. The Morgan fingerprint density at radius 2 is 1.97 bits per heavy atom. The molecule has 0 bridgehead atoms. The van der Waals surface area contributed by atoms with Crippen LogP contribution in [-0.4, -0.2) is 50.3 Å². The van der Waals surface area contributed by atoms with Gasteiger partial charge in [0.1, 0.15) is 11.1 Å². The quantitative estimate of drug-likeness (QED) is 0.644. The number of hydrogen-bond acceptors (Lipinski definition) is 6. The number of nitrogens with zero attached hydrogens (tertiary/aromatic N) is 6. The second-order valence-corrected chi connectivity index (χ2v) is 8.63. The lowest BCUT2D eigenvalue weighted by Gasteiger charge is -2.39. The van der Waals surface area contributed by atoms with E-state index in [0.29, 0.717) is 56.0 Å². The van der Waals surface area contributed by atoms with Gasteiger partial charge in [0.25, 0.3) is 5.56 Å². The summed E-state index contributed by atoms with van der Waals surface area (Å²) in [4.78, 5) is 37.0. The van der Waals surface area contributed by atoms with Crippen molar-refractivity contribution in [2.45, 2.75) is 38.9 Å². The Balaban J connectivity index is 1.36. The first-order valence-corrected chi connectivity index (χ1v) is 10.7. The van der Waals surface area contributed by atoms with E-state index in [1.165, 1.54) is 17.2 Å². The third-order valence-corrected chi connectivity index (χ3v) is 6.64. The predicted octanol–water partition coefficient (Wildman–Crippen LogP) is 2.58. The number of piperidine rings is 1. The van der Waals surface area contributed by atoms with E-state index in [-0.39, 0.29) is 29.0 Å². The zero-order valence-electron chi connectivity index (χ0n) is 17.9. The molecular formula is C21H22F3N7O2. The minimum atomic E-state index is -4.57. The van der Waals surface area contributed by atoms with Crippen molar-refractivity contribution in [2.75, 3.05) is 29.4 Å². The first-order chi connectivity index (χ1) is 15.7. The van der Waals surface area contributed by atoms with Crippen LogP contribution in [-0.2, 0) is 17.5 Å². The van der Waals surface area contributed by atoms with Gasteiger partial charge in [-0.3, -0.25) is 24.2 Å². The van der Waals surface area contributed by atoms with E-state index in [1.54, 1.807) is 4.57 Å². The molecule has 33 heavy (non-hydrogen) atoms. The highest BCUT2D eigenvalue weighted by atomic mass is 19.4. The van der Waals surface area contributed by atoms with Crippen molar-refractivity contribution in [3.8, 4) is 0 Å². The van der Waals surface area contributed by atoms with E-state index >= 15 is 0 Å². The molecule has 2 aliphatic heterocycles. The molecule has 1 N–H and O–H groups in total. The van der Waals surface area contributed by atoms with E-state index in [2.05, 4.69) is 20.2 Å². The second kappa shape index (κ2) is 7.56. The fourth-order valence-corrected chi connectivity index (χ4v) is 4.83. The van der Waals surface area contributed by atoms with Crippen molar-refractivity contribution in [1.29, 1.82) is 0 Å². The minimum absolute atomic E-state index is 0.160. The van der Waals surface area contributed by atoms with Crippen LogP contribution < -0.4 is 15.4 Å². The zero-order chi connectivity index (χ0) is 23.4. The summed E-state index contributed by atoms with van der Waals surface area (Å²) in [7, 11) is 0. The lowest BCUT2D eigenvalue weighted by molar-refractivity contribution is -0.141. The summed E-state index contributed by atoms with van der Waals surface area (Å²) < 4.78 is 40.8. The van der Waals surface area contributed by atoms with Gasteiger partial charge in [0, 0.05) is 49.9 Å². The molecule has 0 aromatic carbocycles. The molecule has 12 heteroatoms. The standard InChI is InChI=1S/C21H22F3N7O2/c1-2-30-18(33)14-11-26-28-17(14)27-19(30)29-7-4-20(5-8-29)10-16(32)31(12-20)13-3-6-25-15(9-13)21(22,23)24/h3,6,9,11H,2,4-5,7-8,10,12H2,1H3,(H,26,28). The van der Waals surface area contributed by atoms with Gasteiger partial charge in [0.2, 0.25) is 11.9 Å². The number of amides is 1. The van der Waals surface area contributed by atoms with Crippen LogP contribution in [0.5, 0.6) is 0 Å². The molecule has 2 aliphatic rings. The Kier molecular flexibility index (Phi) is 4.91. The van der Waals surface area contributed by atoms with Crippen molar-refractivity contribution in [3.05, 3.63) is 40.6 Å². The van der Waals surface area contributed by atoms with Gasteiger partial charge in [0.05, 0.1) is 6.20 Å². The summed E-state index contributed by atoms with van der Waals surface area (Å²) in [6, 6.07) is 2.36. The van der Waals surface area contributed by atoms with Crippen molar-refractivity contribution in [2.24, 2.45) is 5.41 Å². The number of rotatable bonds is 3. The molecule has 5 heterocycles. The minimum Gasteiger partial charge on any atom is -0.342 e. The van der Waals surface area contributed by atoms with Gasteiger partial charge in [-0.15, -0.1) is 0 Å². The topological polar surface area (TPSA) is 100 Å². The molecule has 0 radical (unpaired) electrons. The molecular weight excluding hydrogens is 439 g/mol. The van der Waals surface area contributed by atoms with Crippen LogP contribution in [0.2, 0.25) is 0 Å². The number of carbonyl (C=O) groups excluding carboxylic acids is 1. The number of halogens is 3. The Hall–Kier alpha value is -3.44. The normalized spacial score (nSPS) is 18.6. The summed E-state index contributed by atoms with van der Waals surface area (Å²) in [6.45, 7) is 3.85. The second-order valence-electron chi connectivity index (χ2n) is 8.63. The van der Waals surface area contributed by atoms with Crippen LogP contribution in [0.1, 0.15) is 31.9 Å². The molecule has 9 nitrogen and oxygen atoms in total. The number of nitrogens with one attached hydrogen (secondary N) is 1. The molecule has 5 rings (SSSR count). The molecule has 0 atom stereocenters. The Morgan fingerprint density at radius 1 is 1.21 bits per heavy atom. The van der Waals surface area contributed by atoms with Gasteiger partial charge >= 0.3 is 6.18 Å². The fraction of sp³-hybridized carbons (Fsp3) is 0.476. The van der Waals surface area contributed by atoms with Crippen LogP contribution >= 0.6 is 0 Å². The highest BCUT2D eigenvalue weighted by molar-refractivity contribution is 5.96. The zero-order valence-corrected chi connectivity index (χ0v) is 17.9. The number of hydrogen-bond donors (Lipinski definition) is 1. The molecule has 0 unspecified atom stereocenters. The third kappa shape index (κ3) is 3.62. The largest absolute Gasteiger partial charge is 0.433 e. The third-order valence-electron chi connectivity index (χ3n) is 6.64. The van der Waals surface area contributed by atoms with Crippen LogP contribution in [0.4, 0.5) is 24.8 Å². The Labute approximate surface area is 186 Å². The van der Waals surface area contributed by atoms with Crippen LogP contribution in [0.15, 0.2) is 29.3 Å². The average molecular weight is 461 g/mol. The van der Waals surface area contributed by atoms with E-state index in [1.807, 2.05) is 11.8 Å². The molecule has 2 fully saturated rings. The van der Waals surface area contributed by atoms with Crippen LogP contribution in [0.25, 0.3) is 11.0 Å². The number of aromatic amines is 1. The number of alkyl halides is 3. The van der Waals surface area contributed by atoms with E-state index < -0.39 is 11.9 Å². The highest BCUT2D eigenvalue weighted by Gasteiger charge is 2.46. The number of aromatic nitrogens is 5. The summed E-state index contributed by atoms with van der Waals surface area (Å²) in [5.74, 6) is 0.365. The van der Waals surface area contributed by atoms with E-state index in [9.17, 15) is 22.8 Å². The average Bonchev–Trinajstić information content (AvgIpc) is 3.38. The maximum Gasteiger partial charge on any atom is 0.433 e. The van der Waals surface area contributed by atoms with Crippen molar-refractivity contribution >= 4 is 28.6 Å². The molecule has 1 amide bonds. The Morgan fingerprint density at radius 3 is 2.67 bits per heavy atom. The molecule has 174 valence electrons. The SMILES string of the molecule is CCn1c(N2CCC3(CC2)CC(=O)N(c2ccnc(C(F)(F)F)c2)C3)nc2[nH]ncc2c1=O. The van der Waals surface area contributed by atoms with Gasteiger partial charge < -0.3 is 9.80 Å². The number of H-pyrrole nitrogens is 1. The first-order valence-electron chi connectivity index (χ1n) is 10.7. The smallest absolute Gasteiger partial charge is 0.342 e. The van der Waals surface area contributed by atoms with Crippen LogP contribution in [0.3, 0.4) is 0 Å². The van der Waals surface area contributed by atoms with Crippen LogP contribution in [0, 0.1) is 5.41 Å². The maximum absolute atomic E-state index is 13.1. The lowest BCUT2D eigenvalue weighted by Crippen LogP contribution is -2.44. The summed E-state index contributed by atoms with van der Waals surface area (Å²) in [5.41, 5.74) is -0.855. The van der Waals surface area contributed by atoms with E-state index in [4.69, 9.17) is 0 Å². The maximum atomic E-state index is 13.1. The monoisotopic (exact) mass is 461 g/mol. The van der Waals surface area contributed by atoms with Gasteiger partial charge in [-0.25, -0.2) is 0 Å². The summed E-state index contributed by atoms with van der Waals surface area (Å²) in [6.07, 6.45) is -0.425. The molecule has 0 saturated carbocycles. The first kappa shape index (κ1) is 21.4. The number of anilines is 2. The van der Waals surface area contributed by atoms with Crippen molar-refractivity contribution in [1.82, 2.24) is 24.7 Å². The summed E-state index contributed by atoms with van der Waals surface area (Å²) in [5, 5.41) is 7.09. The van der Waals surface area contributed by atoms with E-state index in [0.717, 1.165) is 12.3 Å². The van der Waals surface area contributed by atoms with Crippen molar-refractivity contribution < 1.29 is 18.0 Å². The highest BCUT2D eigenvalue weighted by Crippen LogP contribution is 2.43. The number of fused-ring (bicyclic) bond motifs is 1. The molecule has 0 aliphatic carbocycles. The van der Waals surface area contributed by atoms with Crippen molar-refractivity contribution in [3.63, 3.8) is 0 Å². The molecule has 3 aromatic heterocycles. The van der Waals surface area contributed by atoms with Gasteiger partial charge in [-0.05, 0) is 31.9 Å². The lowest BCUT2D eigenvalue weighted by atomic mass is 9.77. The summed E-state index contributed by atoms with van der Waals surface area (Å²) >= 11 is 0. The van der Waals surface area contributed by atoms with Gasteiger partial charge in [0.15, 0.2) is 5.65 Å². The number of pyridine rings is 1. The fourth-order valence-electron chi connectivity index (χ4n) is 4.83. The van der Waals surface area contributed by atoms with Gasteiger partial charge in [-0.2, -0.15) is 23.3 Å². The van der Waals surface area contributed by atoms with Gasteiger partial charge in [-0.1, -0.05) is 0 Å². The molecule has 2 saturated heterocycles. The Bertz CT molecular complexity index is 1270.